The van der Waals surface area contributed by atoms with Crippen molar-refractivity contribution in [1.82, 2.24) is 10.2 Å². The lowest BCUT2D eigenvalue weighted by Gasteiger charge is -2.40. The minimum atomic E-state index is -0.0539. The van der Waals surface area contributed by atoms with Gasteiger partial charge in [0.2, 0.25) is 5.91 Å². The van der Waals surface area contributed by atoms with Crippen molar-refractivity contribution in [2.45, 2.75) is 58.7 Å². The van der Waals surface area contributed by atoms with E-state index in [9.17, 15) is 4.79 Å². The van der Waals surface area contributed by atoms with E-state index in [1.165, 1.54) is 6.42 Å². The van der Waals surface area contributed by atoms with E-state index in [1.807, 2.05) is 20.8 Å². The smallest absolute Gasteiger partial charge is 0.237 e. The first kappa shape index (κ1) is 14.5. The molecule has 0 saturated carbocycles. The van der Waals surface area contributed by atoms with E-state index in [-0.39, 0.29) is 18.0 Å². The average Bonchev–Trinajstić information content (AvgIpc) is 2.28. The van der Waals surface area contributed by atoms with E-state index in [4.69, 9.17) is 5.73 Å². The quantitative estimate of drug-likeness (QED) is 0.771. The molecule has 1 fully saturated rings. The minimum Gasteiger partial charge on any atom is -0.353 e. The summed E-state index contributed by atoms with van der Waals surface area (Å²) in [6.45, 7) is 9.85. The Balaban J connectivity index is 2.59. The molecule has 1 aliphatic heterocycles. The molecule has 1 heterocycles. The highest BCUT2D eigenvalue weighted by atomic mass is 16.2. The Bertz CT molecular complexity index is 255. The summed E-state index contributed by atoms with van der Waals surface area (Å²) >= 11 is 0. The summed E-state index contributed by atoms with van der Waals surface area (Å²) in [5.74, 6) is 0.671. The maximum absolute atomic E-state index is 12.0. The molecule has 4 nitrogen and oxygen atoms in total. The van der Waals surface area contributed by atoms with E-state index in [0.29, 0.717) is 12.0 Å². The molecule has 0 bridgehead atoms. The summed E-state index contributed by atoms with van der Waals surface area (Å²) in [6, 6.07) is 0.628. The molecule has 1 saturated heterocycles. The van der Waals surface area contributed by atoms with E-state index in [0.717, 1.165) is 19.5 Å². The number of amides is 1. The third kappa shape index (κ3) is 3.96. The predicted octanol–water partition coefficient (Wildman–Crippen LogP) is 0.959. The minimum absolute atomic E-state index is 0.0539. The monoisotopic (exact) mass is 241 g/mol. The lowest BCUT2D eigenvalue weighted by Crippen LogP contribution is -2.54. The predicted molar refractivity (Wildman–Crippen MR) is 70.7 cm³/mol. The number of nitrogens with zero attached hydrogens (tertiary/aromatic N) is 1. The number of nitrogens with one attached hydrogen (secondary N) is 1. The van der Waals surface area contributed by atoms with Crippen LogP contribution in [0.2, 0.25) is 0 Å². The van der Waals surface area contributed by atoms with Crippen LogP contribution in [0.5, 0.6) is 0 Å². The van der Waals surface area contributed by atoms with Crippen molar-refractivity contribution < 1.29 is 4.79 Å². The molecular formula is C13H27N3O. The van der Waals surface area contributed by atoms with E-state index in [2.05, 4.69) is 17.1 Å². The number of carbonyl (C=O) groups is 1. The second-order valence-corrected chi connectivity index (χ2v) is 5.56. The van der Waals surface area contributed by atoms with Crippen molar-refractivity contribution in [3.05, 3.63) is 0 Å². The number of carbonyl (C=O) groups excluding carboxylic acids is 1. The molecule has 1 aliphatic rings. The van der Waals surface area contributed by atoms with E-state index >= 15 is 0 Å². The maximum atomic E-state index is 12.0. The number of nitrogens with two attached hydrogens (primary N) is 1. The topological polar surface area (TPSA) is 58.4 Å². The Morgan fingerprint density at radius 3 is 2.59 bits per heavy atom. The lowest BCUT2D eigenvalue weighted by atomic mass is 9.92. The molecule has 1 rings (SSSR count). The zero-order valence-electron chi connectivity index (χ0n) is 11.6. The number of hydrogen-bond acceptors (Lipinski definition) is 3. The van der Waals surface area contributed by atoms with Crippen LogP contribution < -0.4 is 11.1 Å². The second-order valence-electron chi connectivity index (χ2n) is 5.56. The molecule has 0 spiro atoms. The van der Waals surface area contributed by atoms with Gasteiger partial charge < -0.3 is 11.1 Å². The Morgan fingerprint density at radius 2 is 2.06 bits per heavy atom. The van der Waals surface area contributed by atoms with Crippen molar-refractivity contribution >= 4 is 5.91 Å². The molecule has 4 heteroatoms. The molecule has 3 N–H and O–H groups in total. The van der Waals surface area contributed by atoms with Gasteiger partial charge in [0.25, 0.3) is 0 Å². The first-order valence-electron chi connectivity index (χ1n) is 6.71. The zero-order chi connectivity index (χ0) is 13.0. The molecule has 17 heavy (non-hydrogen) atoms. The zero-order valence-corrected chi connectivity index (χ0v) is 11.6. The van der Waals surface area contributed by atoms with E-state index in [1.54, 1.807) is 0 Å². The molecule has 0 radical (unpaired) electrons. The van der Waals surface area contributed by atoms with Gasteiger partial charge in [-0.2, -0.15) is 0 Å². The second kappa shape index (κ2) is 6.36. The third-order valence-corrected chi connectivity index (χ3v) is 3.67. The molecule has 100 valence electrons. The van der Waals surface area contributed by atoms with Gasteiger partial charge in [0, 0.05) is 18.6 Å². The van der Waals surface area contributed by atoms with Gasteiger partial charge in [-0.05, 0) is 53.0 Å². The molecule has 0 aromatic rings. The van der Waals surface area contributed by atoms with Crippen LogP contribution in [0, 0.1) is 5.92 Å². The summed E-state index contributed by atoms with van der Waals surface area (Å²) in [5.41, 5.74) is 5.74. The van der Waals surface area contributed by atoms with Crippen LogP contribution in [-0.2, 0) is 4.79 Å². The van der Waals surface area contributed by atoms with Crippen LogP contribution in [-0.4, -0.2) is 42.0 Å². The molecule has 1 amide bonds. The summed E-state index contributed by atoms with van der Waals surface area (Å²) in [4.78, 5) is 14.3. The number of rotatable bonds is 4. The van der Waals surface area contributed by atoms with Gasteiger partial charge in [-0.25, -0.2) is 0 Å². The fourth-order valence-electron chi connectivity index (χ4n) is 2.50. The Morgan fingerprint density at radius 1 is 1.41 bits per heavy atom. The summed E-state index contributed by atoms with van der Waals surface area (Å²) in [5, 5.41) is 2.98. The molecule has 0 aliphatic carbocycles. The van der Waals surface area contributed by atoms with Gasteiger partial charge >= 0.3 is 0 Å². The highest BCUT2D eigenvalue weighted by Crippen LogP contribution is 2.23. The fraction of sp³-hybridized carbons (Fsp3) is 0.923. The number of hydrogen-bond donors (Lipinski definition) is 2. The van der Waals surface area contributed by atoms with Crippen molar-refractivity contribution in [3.8, 4) is 0 Å². The maximum Gasteiger partial charge on any atom is 0.237 e. The van der Waals surface area contributed by atoms with Gasteiger partial charge in [0.1, 0.15) is 0 Å². The molecule has 3 unspecified atom stereocenters. The average molecular weight is 241 g/mol. The molecule has 0 aromatic carbocycles. The Kier molecular flexibility index (Phi) is 5.40. The first-order chi connectivity index (χ1) is 7.95. The van der Waals surface area contributed by atoms with Crippen molar-refractivity contribution in [1.29, 1.82) is 0 Å². The van der Waals surface area contributed by atoms with Gasteiger partial charge in [-0.15, -0.1) is 0 Å². The third-order valence-electron chi connectivity index (χ3n) is 3.67. The number of piperidine rings is 1. The van der Waals surface area contributed by atoms with Gasteiger partial charge in [0.15, 0.2) is 0 Å². The van der Waals surface area contributed by atoms with Crippen LogP contribution in [0.15, 0.2) is 0 Å². The molecular weight excluding hydrogens is 214 g/mol. The highest BCUT2D eigenvalue weighted by Gasteiger charge is 2.31. The molecule has 0 aromatic heterocycles. The normalized spacial score (nSPS) is 28.1. The van der Waals surface area contributed by atoms with Gasteiger partial charge in [0.05, 0.1) is 6.04 Å². The lowest BCUT2D eigenvalue weighted by molar-refractivity contribution is -0.128. The fourth-order valence-corrected chi connectivity index (χ4v) is 2.50. The number of likely N-dealkylation sites (tertiary alicyclic amines) is 1. The summed E-state index contributed by atoms with van der Waals surface area (Å²) in [7, 11) is 0. The van der Waals surface area contributed by atoms with Gasteiger partial charge in [-0.3, -0.25) is 9.69 Å². The highest BCUT2D eigenvalue weighted by molar-refractivity contribution is 5.81. The van der Waals surface area contributed by atoms with Gasteiger partial charge in [-0.1, -0.05) is 0 Å². The summed E-state index contributed by atoms with van der Waals surface area (Å²) < 4.78 is 0. The van der Waals surface area contributed by atoms with Crippen molar-refractivity contribution in [2.24, 2.45) is 11.7 Å². The van der Waals surface area contributed by atoms with Crippen LogP contribution in [0.1, 0.15) is 40.5 Å². The summed E-state index contributed by atoms with van der Waals surface area (Å²) in [6.07, 6.45) is 2.33. The Labute approximate surface area is 105 Å². The molecule has 3 atom stereocenters. The van der Waals surface area contributed by atoms with Crippen LogP contribution >= 0.6 is 0 Å². The SMILES string of the molecule is CC(C)NC(=O)C(C)N1CC(CN)CCC1C. The van der Waals surface area contributed by atoms with Crippen molar-refractivity contribution in [2.75, 3.05) is 13.1 Å². The standard InChI is InChI=1S/C13H27N3O/c1-9(2)15-13(17)11(4)16-8-12(7-14)6-5-10(16)3/h9-12H,5-8,14H2,1-4H3,(H,15,17). The first-order valence-corrected chi connectivity index (χ1v) is 6.71. The Hall–Kier alpha value is -0.610. The van der Waals surface area contributed by atoms with Crippen LogP contribution in [0.3, 0.4) is 0 Å². The van der Waals surface area contributed by atoms with Crippen LogP contribution in [0.25, 0.3) is 0 Å². The largest absolute Gasteiger partial charge is 0.353 e. The van der Waals surface area contributed by atoms with E-state index < -0.39 is 0 Å². The van der Waals surface area contributed by atoms with Crippen LogP contribution in [0.4, 0.5) is 0 Å². The van der Waals surface area contributed by atoms with Crippen molar-refractivity contribution in [3.63, 3.8) is 0 Å².